The van der Waals surface area contributed by atoms with E-state index in [1.54, 1.807) is 0 Å². The minimum absolute atomic E-state index is 0. The van der Waals surface area contributed by atoms with Crippen molar-refractivity contribution in [2.45, 2.75) is 34.2 Å². The van der Waals surface area contributed by atoms with Gasteiger partial charge >= 0.3 is 0 Å². The van der Waals surface area contributed by atoms with Gasteiger partial charge in [-0.15, -0.1) is 0 Å². The summed E-state index contributed by atoms with van der Waals surface area (Å²) in [4.78, 5) is 4.18. The van der Waals surface area contributed by atoms with E-state index in [0.29, 0.717) is 0 Å². The average molecular weight is 233 g/mol. The van der Waals surface area contributed by atoms with Crippen molar-refractivity contribution < 1.29 is 0 Å². The van der Waals surface area contributed by atoms with Crippen molar-refractivity contribution in [1.29, 1.82) is 0 Å². The van der Waals surface area contributed by atoms with Crippen LogP contribution in [0.1, 0.15) is 23.7 Å². The van der Waals surface area contributed by atoms with Crippen molar-refractivity contribution in [3.63, 3.8) is 0 Å². The summed E-state index contributed by atoms with van der Waals surface area (Å²) in [5.41, 5.74) is 3.63. The lowest BCUT2D eigenvalue weighted by Gasteiger charge is -1.97. The lowest BCUT2D eigenvalue weighted by molar-refractivity contribution is 0.769. The molecular formula is C14H23N3. The largest absolute Gasteiger partial charge is 0.355 e. The first-order chi connectivity index (χ1) is 7.63. The highest BCUT2D eigenvalue weighted by Gasteiger charge is 1.90. The van der Waals surface area contributed by atoms with Crippen LogP contribution in [0.15, 0.2) is 36.8 Å². The van der Waals surface area contributed by atoms with E-state index in [1.807, 2.05) is 25.3 Å². The van der Waals surface area contributed by atoms with Crippen LogP contribution in [0.25, 0.3) is 0 Å². The number of hydrogen-bond donors (Lipinski definition) is 1. The van der Waals surface area contributed by atoms with E-state index in [0.717, 1.165) is 12.2 Å². The van der Waals surface area contributed by atoms with Gasteiger partial charge in [0.1, 0.15) is 0 Å². The molecule has 0 saturated carbocycles. The molecule has 0 fully saturated rings. The summed E-state index contributed by atoms with van der Waals surface area (Å²) in [5.74, 6) is 0. The molecule has 0 saturated heterocycles. The van der Waals surface area contributed by atoms with Crippen LogP contribution in [-0.4, -0.2) is 9.55 Å². The van der Waals surface area contributed by atoms with Crippen LogP contribution in [-0.2, 0) is 6.54 Å². The molecule has 0 aliphatic heterocycles. The maximum Gasteiger partial charge on any atom is 0.0401 e. The predicted molar refractivity (Wildman–Crippen MR) is 73.6 cm³/mol. The van der Waals surface area contributed by atoms with Crippen molar-refractivity contribution in [3.05, 3.63) is 53.6 Å². The molecule has 94 valence electrons. The summed E-state index contributed by atoms with van der Waals surface area (Å²) >= 11 is 0. The Morgan fingerprint density at radius 2 is 1.71 bits per heavy atom. The average Bonchev–Trinajstić information content (AvgIpc) is 2.77. The molecule has 0 unspecified atom stereocenters. The fourth-order valence-corrected chi connectivity index (χ4v) is 1.36. The maximum atomic E-state index is 4.18. The Balaban J connectivity index is 0.000000292. The summed E-state index contributed by atoms with van der Waals surface area (Å²) in [5, 5.41) is 0. The van der Waals surface area contributed by atoms with E-state index >= 15 is 0 Å². The first-order valence-electron chi connectivity index (χ1n) is 5.64. The number of aryl methyl sites for hydroxylation is 4. The van der Waals surface area contributed by atoms with Gasteiger partial charge in [-0.3, -0.25) is 4.98 Å². The molecule has 0 radical (unpaired) electrons. The van der Waals surface area contributed by atoms with Gasteiger partial charge in [0.25, 0.3) is 0 Å². The summed E-state index contributed by atoms with van der Waals surface area (Å²) < 4.78 is 2.12. The number of nitrogens with zero attached hydrogens (tertiary/aromatic N) is 2. The third kappa shape index (κ3) is 5.31. The fraction of sp³-hybridized carbons (Fsp3) is 0.357. The van der Waals surface area contributed by atoms with Crippen LogP contribution in [0.3, 0.4) is 0 Å². The summed E-state index contributed by atoms with van der Waals surface area (Å²) in [6, 6.07) is 6.20. The second kappa shape index (κ2) is 7.63. The molecule has 3 heteroatoms. The van der Waals surface area contributed by atoms with Crippen molar-refractivity contribution in [3.8, 4) is 0 Å². The van der Waals surface area contributed by atoms with Gasteiger partial charge in [0.2, 0.25) is 0 Å². The molecule has 0 amide bonds. The van der Waals surface area contributed by atoms with E-state index in [-0.39, 0.29) is 6.15 Å². The minimum atomic E-state index is 0. The van der Waals surface area contributed by atoms with Gasteiger partial charge in [0.05, 0.1) is 0 Å². The maximum absolute atomic E-state index is 4.18. The van der Waals surface area contributed by atoms with Crippen molar-refractivity contribution >= 4 is 0 Å². The van der Waals surface area contributed by atoms with E-state index in [2.05, 4.69) is 48.8 Å². The highest BCUT2D eigenvalue weighted by molar-refractivity contribution is 5.21. The van der Waals surface area contributed by atoms with E-state index in [4.69, 9.17) is 0 Å². The molecule has 0 bridgehead atoms. The third-order valence-corrected chi connectivity index (χ3v) is 2.51. The first kappa shape index (κ1) is 15.4. The van der Waals surface area contributed by atoms with Crippen LogP contribution in [0, 0.1) is 20.8 Å². The molecule has 2 aromatic rings. The molecule has 0 aliphatic carbocycles. The lowest BCUT2D eigenvalue weighted by atomic mass is 10.2. The molecule has 2 heterocycles. The predicted octanol–water partition coefficient (Wildman–Crippen LogP) is 3.68. The Morgan fingerprint density at radius 1 is 1.12 bits per heavy atom. The normalized spacial score (nSPS) is 8.94. The number of hydrogen-bond acceptors (Lipinski definition) is 2. The standard InChI is InChI=1S/C8H11N.C6H9N.H3N/c1-6-4-7(2)8(3)9-5-6;1-2-7-5-3-4-6-7;/h4-5H,1-3H3;3-6H,2H2,1H3;1H3. The number of pyridine rings is 1. The fourth-order valence-electron chi connectivity index (χ4n) is 1.36. The van der Waals surface area contributed by atoms with E-state index < -0.39 is 0 Å². The zero-order chi connectivity index (χ0) is 12.0. The number of rotatable bonds is 1. The first-order valence-corrected chi connectivity index (χ1v) is 5.64. The Labute approximate surface area is 104 Å². The van der Waals surface area contributed by atoms with Gasteiger partial charge in [0.15, 0.2) is 0 Å². The van der Waals surface area contributed by atoms with Crippen LogP contribution >= 0.6 is 0 Å². The Hall–Kier alpha value is -1.61. The summed E-state index contributed by atoms with van der Waals surface area (Å²) in [7, 11) is 0. The van der Waals surface area contributed by atoms with Gasteiger partial charge < -0.3 is 10.7 Å². The highest BCUT2D eigenvalue weighted by Crippen LogP contribution is 2.03. The molecule has 3 nitrogen and oxygen atoms in total. The number of aromatic nitrogens is 2. The highest BCUT2D eigenvalue weighted by atomic mass is 14.9. The third-order valence-electron chi connectivity index (χ3n) is 2.51. The van der Waals surface area contributed by atoms with Gasteiger partial charge in [0, 0.05) is 30.8 Å². The molecule has 17 heavy (non-hydrogen) atoms. The Bertz CT molecular complexity index is 419. The molecule has 0 atom stereocenters. The van der Waals surface area contributed by atoms with E-state index in [1.165, 1.54) is 11.1 Å². The van der Waals surface area contributed by atoms with Crippen LogP contribution in [0.2, 0.25) is 0 Å². The van der Waals surface area contributed by atoms with Gasteiger partial charge in [-0.05, 0) is 51.0 Å². The van der Waals surface area contributed by atoms with Crippen LogP contribution in [0.4, 0.5) is 0 Å². The molecule has 3 N–H and O–H groups in total. The molecule has 2 rings (SSSR count). The second-order valence-corrected chi connectivity index (χ2v) is 3.93. The second-order valence-electron chi connectivity index (χ2n) is 3.93. The molecule has 0 aromatic carbocycles. The van der Waals surface area contributed by atoms with Crippen LogP contribution < -0.4 is 6.15 Å². The summed E-state index contributed by atoms with van der Waals surface area (Å²) in [6.45, 7) is 9.36. The zero-order valence-electron chi connectivity index (χ0n) is 11.3. The summed E-state index contributed by atoms with van der Waals surface area (Å²) in [6.07, 6.45) is 6.00. The van der Waals surface area contributed by atoms with Crippen molar-refractivity contribution in [2.75, 3.05) is 0 Å². The molecular weight excluding hydrogens is 210 g/mol. The molecule has 0 spiro atoms. The van der Waals surface area contributed by atoms with Crippen LogP contribution in [0.5, 0.6) is 0 Å². The Kier molecular flexibility index (Phi) is 6.91. The van der Waals surface area contributed by atoms with Gasteiger partial charge in [-0.25, -0.2) is 0 Å². The topological polar surface area (TPSA) is 52.8 Å². The van der Waals surface area contributed by atoms with Gasteiger partial charge in [-0.2, -0.15) is 0 Å². The molecule has 2 aromatic heterocycles. The lowest BCUT2D eigenvalue weighted by Crippen LogP contribution is -1.85. The van der Waals surface area contributed by atoms with Crippen molar-refractivity contribution in [1.82, 2.24) is 15.7 Å². The van der Waals surface area contributed by atoms with Crippen molar-refractivity contribution in [2.24, 2.45) is 0 Å². The monoisotopic (exact) mass is 233 g/mol. The van der Waals surface area contributed by atoms with Gasteiger partial charge in [-0.1, -0.05) is 6.07 Å². The molecule has 0 aliphatic rings. The Morgan fingerprint density at radius 3 is 2.06 bits per heavy atom. The van der Waals surface area contributed by atoms with E-state index in [9.17, 15) is 0 Å². The smallest absolute Gasteiger partial charge is 0.0401 e. The quantitative estimate of drug-likeness (QED) is 0.817. The minimum Gasteiger partial charge on any atom is -0.355 e. The SMILES string of the molecule is CCn1cccc1.Cc1cnc(C)c(C)c1.N. The zero-order valence-corrected chi connectivity index (χ0v) is 11.3.